The molecule has 23 heavy (non-hydrogen) atoms. The topological polar surface area (TPSA) is 49.7 Å². The molecule has 0 bridgehead atoms. The average molecular weight is 328 g/mol. The fourth-order valence-corrected chi connectivity index (χ4v) is 3.88. The minimum atomic E-state index is -3.31. The molecular weight excluding hydrogens is 308 g/mol. The van der Waals surface area contributed by atoms with E-state index in [4.69, 9.17) is 4.99 Å². The second-order valence-electron chi connectivity index (χ2n) is 6.03. The smallest absolute Gasteiger partial charge is 0.175 e. The number of rotatable bonds is 2. The van der Waals surface area contributed by atoms with Gasteiger partial charge in [-0.15, -0.1) is 0 Å². The van der Waals surface area contributed by atoms with Crippen LogP contribution in [-0.2, 0) is 16.3 Å². The highest BCUT2D eigenvalue weighted by atomic mass is 32.2. The van der Waals surface area contributed by atoms with Gasteiger partial charge in [-0.05, 0) is 22.8 Å². The summed E-state index contributed by atoms with van der Waals surface area (Å²) in [5, 5.41) is 0. The first kappa shape index (κ1) is 15.7. The summed E-state index contributed by atoms with van der Waals surface area (Å²) in [4.78, 5) is 7.19. The van der Waals surface area contributed by atoms with Crippen molar-refractivity contribution in [2.24, 2.45) is 4.99 Å². The van der Waals surface area contributed by atoms with Crippen LogP contribution in [0.25, 0.3) is 0 Å². The van der Waals surface area contributed by atoms with Crippen molar-refractivity contribution in [2.45, 2.75) is 17.4 Å². The predicted molar refractivity (Wildman–Crippen MR) is 92.7 cm³/mol. The Bertz CT molecular complexity index is 870. The number of hydrogen-bond acceptors (Lipinski definition) is 4. The molecule has 0 radical (unpaired) electrons. The average Bonchev–Trinajstić information content (AvgIpc) is 2.53. The summed E-state index contributed by atoms with van der Waals surface area (Å²) in [5.74, 6) is 0.956. The minimum Gasteiger partial charge on any atom is -0.366 e. The number of sulfone groups is 1. The summed E-state index contributed by atoms with van der Waals surface area (Å²) in [6.07, 6.45) is 2.01. The van der Waals surface area contributed by atoms with Crippen LogP contribution in [0.5, 0.6) is 0 Å². The number of likely N-dealkylation sites (N-methyl/N-ethyl adjacent to an activating group) is 1. The molecule has 1 atom stereocenters. The molecule has 5 heteroatoms. The van der Waals surface area contributed by atoms with Gasteiger partial charge in [0.1, 0.15) is 11.9 Å². The van der Waals surface area contributed by atoms with Gasteiger partial charge < -0.3 is 4.90 Å². The van der Waals surface area contributed by atoms with Gasteiger partial charge in [0.15, 0.2) is 9.84 Å². The quantitative estimate of drug-likeness (QED) is 0.852. The Morgan fingerprint density at radius 3 is 2.26 bits per heavy atom. The first-order valence-electron chi connectivity index (χ1n) is 7.48. The van der Waals surface area contributed by atoms with Crippen LogP contribution in [0, 0.1) is 0 Å². The molecule has 0 N–H and O–H groups in total. The molecule has 2 aromatic rings. The molecule has 0 saturated heterocycles. The van der Waals surface area contributed by atoms with E-state index in [-0.39, 0.29) is 6.04 Å². The van der Waals surface area contributed by atoms with Crippen LogP contribution in [0.1, 0.15) is 22.7 Å². The van der Waals surface area contributed by atoms with Gasteiger partial charge in [0.05, 0.1) is 4.90 Å². The van der Waals surface area contributed by atoms with E-state index in [0.29, 0.717) is 4.90 Å². The number of benzene rings is 2. The van der Waals surface area contributed by atoms with E-state index in [9.17, 15) is 8.42 Å². The van der Waals surface area contributed by atoms with Crippen LogP contribution in [0.15, 0.2) is 58.4 Å². The normalized spacial score (nSPS) is 17.3. The Kier molecular flexibility index (Phi) is 3.98. The monoisotopic (exact) mass is 328 g/mol. The van der Waals surface area contributed by atoms with Crippen molar-refractivity contribution in [3.63, 3.8) is 0 Å². The van der Waals surface area contributed by atoms with Gasteiger partial charge in [0.25, 0.3) is 0 Å². The van der Waals surface area contributed by atoms with Crippen LogP contribution < -0.4 is 0 Å². The Balaban J connectivity index is 2.23. The SMILES string of the molecule is CN(C)C1=NC(c2ccccc2S(C)(=O)=O)c2ccccc2C1. The van der Waals surface area contributed by atoms with E-state index in [1.807, 2.05) is 49.3 Å². The molecule has 4 nitrogen and oxygen atoms in total. The van der Waals surface area contributed by atoms with Crippen LogP contribution in [0.2, 0.25) is 0 Å². The summed E-state index contributed by atoms with van der Waals surface area (Å²) in [5.41, 5.74) is 3.01. The Labute approximate surface area is 137 Å². The largest absolute Gasteiger partial charge is 0.366 e. The van der Waals surface area contributed by atoms with E-state index < -0.39 is 9.84 Å². The molecular formula is C18H20N2O2S. The molecule has 0 aromatic heterocycles. The second kappa shape index (κ2) is 5.81. The van der Waals surface area contributed by atoms with Gasteiger partial charge in [-0.2, -0.15) is 0 Å². The fourth-order valence-electron chi connectivity index (χ4n) is 2.95. The highest BCUT2D eigenvalue weighted by Crippen LogP contribution is 2.36. The van der Waals surface area contributed by atoms with E-state index in [0.717, 1.165) is 23.4 Å². The molecule has 1 heterocycles. The van der Waals surface area contributed by atoms with Gasteiger partial charge >= 0.3 is 0 Å². The van der Waals surface area contributed by atoms with Crippen LogP contribution in [0.3, 0.4) is 0 Å². The fraction of sp³-hybridized carbons (Fsp3) is 0.278. The molecule has 2 aromatic carbocycles. The molecule has 3 rings (SSSR count). The molecule has 1 unspecified atom stereocenters. The molecule has 0 fully saturated rings. The zero-order chi connectivity index (χ0) is 16.6. The standard InChI is InChI=1S/C18H20N2O2S/c1-20(2)17-12-13-8-4-5-9-14(13)18(19-17)15-10-6-7-11-16(15)23(3,21)22/h4-11,18H,12H2,1-3H3. The number of aliphatic imine (C=N–C) groups is 1. The van der Waals surface area contributed by atoms with Crippen molar-refractivity contribution in [2.75, 3.05) is 20.4 Å². The van der Waals surface area contributed by atoms with E-state index in [1.165, 1.54) is 11.8 Å². The maximum Gasteiger partial charge on any atom is 0.175 e. The van der Waals surface area contributed by atoms with Gasteiger partial charge in [-0.3, -0.25) is 4.99 Å². The highest BCUT2D eigenvalue weighted by Gasteiger charge is 2.27. The number of hydrogen-bond donors (Lipinski definition) is 0. The molecule has 1 aliphatic heterocycles. The third kappa shape index (κ3) is 3.01. The lowest BCUT2D eigenvalue weighted by Gasteiger charge is -2.28. The number of fused-ring (bicyclic) bond motifs is 1. The van der Waals surface area contributed by atoms with Gasteiger partial charge in [0, 0.05) is 26.8 Å². The summed E-state index contributed by atoms with van der Waals surface area (Å²) < 4.78 is 24.3. The molecule has 120 valence electrons. The van der Waals surface area contributed by atoms with E-state index in [1.54, 1.807) is 12.1 Å². The molecule has 0 saturated carbocycles. The number of amidine groups is 1. The molecule has 0 aliphatic carbocycles. The van der Waals surface area contributed by atoms with Crippen molar-refractivity contribution in [3.8, 4) is 0 Å². The molecule has 1 aliphatic rings. The van der Waals surface area contributed by atoms with Crippen LogP contribution >= 0.6 is 0 Å². The summed E-state index contributed by atoms with van der Waals surface area (Å²) in [6, 6.07) is 15.0. The van der Waals surface area contributed by atoms with Crippen molar-refractivity contribution in [1.82, 2.24) is 4.90 Å². The summed E-state index contributed by atoms with van der Waals surface area (Å²) in [7, 11) is 0.623. The Morgan fingerprint density at radius 2 is 1.61 bits per heavy atom. The lowest BCUT2D eigenvalue weighted by molar-refractivity contribution is 0.587. The van der Waals surface area contributed by atoms with Crippen molar-refractivity contribution < 1.29 is 8.42 Å². The lowest BCUT2D eigenvalue weighted by Crippen LogP contribution is -2.29. The number of nitrogens with zero attached hydrogens (tertiary/aromatic N) is 2. The zero-order valence-electron chi connectivity index (χ0n) is 13.5. The third-order valence-electron chi connectivity index (χ3n) is 4.11. The Hall–Kier alpha value is -2.14. The van der Waals surface area contributed by atoms with E-state index >= 15 is 0 Å². The van der Waals surface area contributed by atoms with Gasteiger partial charge in [0.2, 0.25) is 0 Å². The maximum atomic E-state index is 12.2. The predicted octanol–water partition coefficient (Wildman–Crippen LogP) is 2.70. The van der Waals surface area contributed by atoms with Gasteiger partial charge in [-0.25, -0.2) is 8.42 Å². The zero-order valence-corrected chi connectivity index (χ0v) is 14.3. The van der Waals surface area contributed by atoms with Crippen LogP contribution in [0.4, 0.5) is 0 Å². The summed E-state index contributed by atoms with van der Waals surface area (Å²) in [6.45, 7) is 0. The molecule has 0 amide bonds. The molecule has 0 spiro atoms. The first-order valence-corrected chi connectivity index (χ1v) is 9.38. The minimum absolute atomic E-state index is 0.289. The summed E-state index contributed by atoms with van der Waals surface area (Å²) >= 11 is 0. The van der Waals surface area contributed by atoms with E-state index in [2.05, 4.69) is 6.07 Å². The lowest BCUT2D eigenvalue weighted by atomic mass is 9.90. The third-order valence-corrected chi connectivity index (χ3v) is 5.28. The second-order valence-corrected chi connectivity index (χ2v) is 8.01. The van der Waals surface area contributed by atoms with Gasteiger partial charge in [-0.1, -0.05) is 42.5 Å². The maximum absolute atomic E-state index is 12.2. The highest BCUT2D eigenvalue weighted by molar-refractivity contribution is 7.90. The Morgan fingerprint density at radius 1 is 1.00 bits per heavy atom. The van der Waals surface area contributed by atoms with Crippen molar-refractivity contribution >= 4 is 15.7 Å². The first-order chi connectivity index (χ1) is 10.9. The van der Waals surface area contributed by atoms with Crippen LogP contribution in [-0.4, -0.2) is 39.5 Å². The van der Waals surface area contributed by atoms with Crippen molar-refractivity contribution in [3.05, 3.63) is 65.2 Å². The van der Waals surface area contributed by atoms with Crippen molar-refractivity contribution in [1.29, 1.82) is 0 Å².